The standard InChI is InChI=1S/C12H10ClN5/c13-10-3-1-9(2-4-10)7-17-18-12(14)11-8-15-5-6-16-11/h1-8H,(H2,14,18). The molecule has 2 rings (SSSR count). The van der Waals surface area contributed by atoms with Gasteiger partial charge in [-0.2, -0.15) is 5.10 Å². The lowest BCUT2D eigenvalue weighted by atomic mass is 10.2. The number of nitrogens with two attached hydrogens (primary N) is 1. The van der Waals surface area contributed by atoms with Crippen molar-refractivity contribution in [2.45, 2.75) is 0 Å². The van der Waals surface area contributed by atoms with Gasteiger partial charge in [0.2, 0.25) is 0 Å². The summed E-state index contributed by atoms with van der Waals surface area (Å²) in [5.41, 5.74) is 7.07. The molecule has 1 aromatic carbocycles. The summed E-state index contributed by atoms with van der Waals surface area (Å²) in [5.74, 6) is 0.216. The number of nitrogens with zero attached hydrogens (tertiary/aromatic N) is 4. The Bertz CT molecular complexity index is 563. The molecule has 1 aromatic heterocycles. The third kappa shape index (κ3) is 3.36. The van der Waals surface area contributed by atoms with Gasteiger partial charge in [-0.15, -0.1) is 5.10 Å². The minimum Gasteiger partial charge on any atom is -0.380 e. The van der Waals surface area contributed by atoms with Gasteiger partial charge in [-0.3, -0.25) is 4.98 Å². The fraction of sp³-hybridized carbons (Fsp3) is 0. The van der Waals surface area contributed by atoms with Crippen LogP contribution in [-0.4, -0.2) is 22.0 Å². The van der Waals surface area contributed by atoms with E-state index in [1.165, 1.54) is 6.20 Å². The predicted octanol–water partition coefficient (Wildman–Crippen LogP) is 1.87. The van der Waals surface area contributed by atoms with Crippen LogP contribution in [0.1, 0.15) is 11.3 Å². The maximum atomic E-state index is 5.77. The fourth-order valence-electron chi connectivity index (χ4n) is 1.19. The highest BCUT2D eigenvalue weighted by Gasteiger charge is 1.97. The highest BCUT2D eigenvalue weighted by Crippen LogP contribution is 2.07. The molecule has 2 aromatic rings. The van der Waals surface area contributed by atoms with Crippen molar-refractivity contribution in [1.82, 2.24) is 9.97 Å². The summed E-state index contributed by atoms with van der Waals surface area (Å²) in [6.45, 7) is 0. The normalized spacial score (nSPS) is 11.9. The van der Waals surface area contributed by atoms with Gasteiger partial charge in [0.25, 0.3) is 0 Å². The van der Waals surface area contributed by atoms with Gasteiger partial charge in [0.1, 0.15) is 5.69 Å². The van der Waals surface area contributed by atoms with Crippen LogP contribution in [0.25, 0.3) is 0 Å². The molecule has 5 nitrogen and oxygen atoms in total. The summed E-state index contributed by atoms with van der Waals surface area (Å²) in [6, 6.07) is 7.22. The van der Waals surface area contributed by atoms with Crippen LogP contribution in [-0.2, 0) is 0 Å². The molecule has 1 heterocycles. The summed E-state index contributed by atoms with van der Waals surface area (Å²) in [4.78, 5) is 7.90. The van der Waals surface area contributed by atoms with E-state index in [0.29, 0.717) is 10.7 Å². The van der Waals surface area contributed by atoms with Crippen molar-refractivity contribution < 1.29 is 0 Å². The maximum Gasteiger partial charge on any atom is 0.173 e. The molecule has 0 unspecified atom stereocenters. The van der Waals surface area contributed by atoms with Gasteiger partial charge < -0.3 is 5.73 Å². The number of halogens is 1. The summed E-state index contributed by atoms with van der Waals surface area (Å²) < 4.78 is 0. The van der Waals surface area contributed by atoms with Crippen molar-refractivity contribution >= 4 is 23.7 Å². The number of rotatable bonds is 3. The fourth-order valence-corrected chi connectivity index (χ4v) is 1.32. The second-order valence-corrected chi connectivity index (χ2v) is 3.81. The largest absolute Gasteiger partial charge is 0.380 e. The van der Waals surface area contributed by atoms with E-state index in [4.69, 9.17) is 17.3 Å². The van der Waals surface area contributed by atoms with Gasteiger partial charge in [-0.05, 0) is 17.7 Å². The smallest absolute Gasteiger partial charge is 0.173 e. The first kappa shape index (κ1) is 12.2. The zero-order valence-corrected chi connectivity index (χ0v) is 10.1. The highest BCUT2D eigenvalue weighted by molar-refractivity contribution is 6.30. The lowest BCUT2D eigenvalue weighted by Crippen LogP contribution is -2.14. The van der Waals surface area contributed by atoms with Crippen molar-refractivity contribution in [3.05, 3.63) is 59.1 Å². The Labute approximate surface area is 109 Å². The first-order chi connectivity index (χ1) is 8.75. The number of hydrogen-bond acceptors (Lipinski definition) is 4. The summed E-state index contributed by atoms with van der Waals surface area (Å²) in [6.07, 6.45) is 6.21. The van der Waals surface area contributed by atoms with Crippen molar-refractivity contribution in [1.29, 1.82) is 0 Å². The third-order valence-corrected chi connectivity index (χ3v) is 2.32. The van der Waals surface area contributed by atoms with Crippen molar-refractivity contribution in [2.24, 2.45) is 15.9 Å². The van der Waals surface area contributed by atoms with E-state index in [9.17, 15) is 0 Å². The highest BCUT2D eigenvalue weighted by atomic mass is 35.5. The molecule has 18 heavy (non-hydrogen) atoms. The molecule has 6 heteroatoms. The number of amidine groups is 1. The van der Waals surface area contributed by atoms with Crippen molar-refractivity contribution in [2.75, 3.05) is 0 Å². The van der Waals surface area contributed by atoms with E-state index in [0.717, 1.165) is 5.56 Å². The Morgan fingerprint density at radius 3 is 2.67 bits per heavy atom. The minimum absolute atomic E-state index is 0.216. The van der Waals surface area contributed by atoms with Crippen LogP contribution in [0.4, 0.5) is 0 Å². The zero-order chi connectivity index (χ0) is 12.8. The van der Waals surface area contributed by atoms with Crippen LogP contribution < -0.4 is 5.73 Å². The average molecular weight is 260 g/mol. The Balaban J connectivity index is 2.08. The molecule has 0 saturated heterocycles. The van der Waals surface area contributed by atoms with Gasteiger partial charge >= 0.3 is 0 Å². The molecule has 2 N–H and O–H groups in total. The summed E-state index contributed by atoms with van der Waals surface area (Å²) in [5, 5.41) is 8.39. The first-order valence-electron chi connectivity index (χ1n) is 5.14. The average Bonchev–Trinajstić information content (AvgIpc) is 2.42. The lowest BCUT2D eigenvalue weighted by molar-refractivity contribution is 1.15. The Morgan fingerprint density at radius 1 is 1.22 bits per heavy atom. The number of aromatic nitrogens is 2. The molecule has 0 radical (unpaired) electrons. The quantitative estimate of drug-likeness (QED) is 0.519. The van der Waals surface area contributed by atoms with Crippen LogP contribution in [0.5, 0.6) is 0 Å². The summed E-state index contributed by atoms with van der Waals surface area (Å²) in [7, 11) is 0. The van der Waals surface area contributed by atoms with Crippen LogP contribution in [0.15, 0.2) is 53.1 Å². The van der Waals surface area contributed by atoms with E-state index in [1.807, 2.05) is 12.1 Å². The van der Waals surface area contributed by atoms with Crippen molar-refractivity contribution in [3.63, 3.8) is 0 Å². The van der Waals surface area contributed by atoms with Crippen molar-refractivity contribution in [3.8, 4) is 0 Å². The van der Waals surface area contributed by atoms with Gasteiger partial charge in [-0.25, -0.2) is 4.98 Å². The SMILES string of the molecule is NC(=NN=Cc1ccc(Cl)cc1)c1cnccn1. The molecule has 0 aliphatic heterocycles. The molecule has 0 aliphatic rings. The summed E-state index contributed by atoms with van der Waals surface area (Å²) >= 11 is 5.77. The third-order valence-electron chi connectivity index (χ3n) is 2.07. The van der Waals surface area contributed by atoms with Crippen LogP contribution in [0.3, 0.4) is 0 Å². The molecule has 90 valence electrons. The predicted molar refractivity (Wildman–Crippen MR) is 71.8 cm³/mol. The zero-order valence-electron chi connectivity index (χ0n) is 9.36. The first-order valence-corrected chi connectivity index (χ1v) is 5.52. The molecular formula is C12H10ClN5. The maximum absolute atomic E-state index is 5.77. The van der Waals surface area contributed by atoms with E-state index < -0.39 is 0 Å². The molecular weight excluding hydrogens is 250 g/mol. The lowest BCUT2D eigenvalue weighted by Gasteiger charge is -1.95. The topological polar surface area (TPSA) is 76.5 Å². The Kier molecular flexibility index (Phi) is 3.98. The molecule has 0 atom stereocenters. The van der Waals surface area contributed by atoms with Gasteiger partial charge in [0, 0.05) is 17.4 Å². The van der Waals surface area contributed by atoms with Crippen LogP contribution in [0.2, 0.25) is 5.02 Å². The molecule has 0 spiro atoms. The van der Waals surface area contributed by atoms with Gasteiger partial charge in [0.15, 0.2) is 5.84 Å². The molecule has 0 bridgehead atoms. The molecule has 0 aliphatic carbocycles. The monoisotopic (exact) mass is 259 g/mol. The van der Waals surface area contributed by atoms with Crippen LogP contribution >= 0.6 is 11.6 Å². The van der Waals surface area contributed by atoms with E-state index in [2.05, 4.69) is 20.2 Å². The number of hydrogen-bond donors (Lipinski definition) is 1. The van der Waals surface area contributed by atoms with Gasteiger partial charge in [-0.1, -0.05) is 23.7 Å². The van der Waals surface area contributed by atoms with E-state index in [1.54, 1.807) is 30.7 Å². The van der Waals surface area contributed by atoms with E-state index >= 15 is 0 Å². The van der Waals surface area contributed by atoms with E-state index in [-0.39, 0.29) is 5.84 Å². The second-order valence-electron chi connectivity index (χ2n) is 3.37. The van der Waals surface area contributed by atoms with Crippen LogP contribution in [0, 0.1) is 0 Å². The van der Waals surface area contributed by atoms with Gasteiger partial charge in [0.05, 0.1) is 12.4 Å². The minimum atomic E-state index is 0.216. The molecule has 0 fully saturated rings. The Morgan fingerprint density at radius 2 is 2.00 bits per heavy atom. The Hall–Kier alpha value is -2.27. The molecule has 0 amide bonds. The molecule has 0 saturated carbocycles. The second kappa shape index (κ2) is 5.88. The number of benzene rings is 1.